The second-order valence-corrected chi connectivity index (χ2v) is 6.90. The molecule has 0 bridgehead atoms. The van der Waals surface area contributed by atoms with E-state index in [9.17, 15) is 4.79 Å². The van der Waals surface area contributed by atoms with Crippen molar-refractivity contribution in [3.8, 4) is 0 Å². The van der Waals surface area contributed by atoms with Crippen LogP contribution in [0.15, 0.2) is 53.9 Å². The Morgan fingerprint density at radius 3 is 2.54 bits per heavy atom. The number of hydrogen-bond donors (Lipinski definition) is 2. The summed E-state index contributed by atoms with van der Waals surface area (Å²) in [6, 6.07) is 11.1. The van der Waals surface area contributed by atoms with Gasteiger partial charge in [-0.15, -0.1) is 11.3 Å². The molecule has 0 amide bonds. The van der Waals surface area contributed by atoms with E-state index in [4.69, 9.17) is 5.11 Å². The molecule has 1 heterocycles. The van der Waals surface area contributed by atoms with Crippen molar-refractivity contribution in [2.45, 2.75) is 45.1 Å². The largest absolute Gasteiger partial charge is 0.478 e. The first-order chi connectivity index (χ1) is 11.6. The number of thiophene rings is 1. The molecular formula is C20H25NO2S. The molecule has 0 saturated heterocycles. The Labute approximate surface area is 148 Å². The van der Waals surface area contributed by atoms with Crippen LogP contribution in [-0.2, 0) is 0 Å². The van der Waals surface area contributed by atoms with Crippen molar-refractivity contribution in [3.05, 3.63) is 65.1 Å². The first-order valence-corrected chi connectivity index (χ1v) is 9.30. The lowest BCUT2D eigenvalue weighted by Crippen LogP contribution is -2.13. The van der Waals surface area contributed by atoms with Gasteiger partial charge in [-0.3, -0.25) is 0 Å². The molecule has 2 aromatic rings. The Kier molecular flexibility index (Phi) is 7.07. The van der Waals surface area contributed by atoms with Gasteiger partial charge in [0.2, 0.25) is 0 Å². The average molecular weight is 343 g/mol. The van der Waals surface area contributed by atoms with E-state index in [0.717, 1.165) is 29.0 Å². The number of carboxylic acid groups (broad SMARTS) is 1. The van der Waals surface area contributed by atoms with Gasteiger partial charge in [-0.25, -0.2) is 4.79 Å². The predicted molar refractivity (Wildman–Crippen MR) is 102 cm³/mol. The Bertz CT molecular complexity index is 647. The zero-order valence-electron chi connectivity index (χ0n) is 14.1. The summed E-state index contributed by atoms with van der Waals surface area (Å²) in [5, 5.41) is 15.7. The van der Waals surface area contributed by atoms with Crippen LogP contribution in [0.1, 0.15) is 61.0 Å². The Morgan fingerprint density at radius 2 is 1.96 bits per heavy atom. The number of benzene rings is 1. The number of aromatic carboxylic acids is 1. The molecule has 2 N–H and O–H groups in total. The maximum atomic E-state index is 11.0. The molecule has 0 aliphatic carbocycles. The maximum absolute atomic E-state index is 11.0. The summed E-state index contributed by atoms with van der Waals surface area (Å²) in [5.41, 5.74) is 2.50. The molecular weight excluding hydrogens is 318 g/mol. The molecule has 1 unspecified atom stereocenters. The quantitative estimate of drug-likeness (QED) is 0.403. The van der Waals surface area contributed by atoms with E-state index in [1.807, 2.05) is 29.6 Å². The van der Waals surface area contributed by atoms with E-state index in [1.165, 1.54) is 19.3 Å². The van der Waals surface area contributed by atoms with Crippen molar-refractivity contribution in [3.63, 3.8) is 0 Å². The van der Waals surface area contributed by atoms with E-state index in [-0.39, 0.29) is 6.04 Å². The first-order valence-electron chi connectivity index (χ1n) is 8.42. The van der Waals surface area contributed by atoms with Crippen LogP contribution in [0.25, 0.3) is 0 Å². The van der Waals surface area contributed by atoms with Gasteiger partial charge in [-0.2, -0.15) is 0 Å². The van der Waals surface area contributed by atoms with E-state index in [1.54, 1.807) is 23.5 Å². The summed E-state index contributed by atoms with van der Waals surface area (Å²) in [7, 11) is 0. The lowest BCUT2D eigenvalue weighted by atomic mass is 9.94. The van der Waals surface area contributed by atoms with Gasteiger partial charge in [-0.05, 0) is 48.1 Å². The molecule has 4 heteroatoms. The van der Waals surface area contributed by atoms with Gasteiger partial charge in [0.05, 0.1) is 16.6 Å². The summed E-state index contributed by atoms with van der Waals surface area (Å²) in [5.74, 6) is -0.900. The third kappa shape index (κ3) is 5.24. The summed E-state index contributed by atoms with van der Waals surface area (Å²) >= 11 is 1.66. The molecule has 0 spiro atoms. The summed E-state index contributed by atoms with van der Waals surface area (Å²) in [6.45, 7) is 6.50. The topological polar surface area (TPSA) is 49.3 Å². The van der Waals surface area contributed by atoms with Crippen molar-refractivity contribution in [2.24, 2.45) is 0 Å². The van der Waals surface area contributed by atoms with E-state index in [0.29, 0.717) is 5.56 Å². The first kappa shape index (κ1) is 18.3. The lowest BCUT2D eigenvalue weighted by Gasteiger charge is -2.22. The summed E-state index contributed by atoms with van der Waals surface area (Å²) < 4.78 is 0. The summed E-state index contributed by atoms with van der Waals surface area (Å²) in [6.07, 6.45) is 5.81. The van der Waals surface area contributed by atoms with Crippen LogP contribution in [-0.4, -0.2) is 11.1 Å². The number of rotatable bonds is 10. The second-order valence-electron chi connectivity index (χ2n) is 5.95. The van der Waals surface area contributed by atoms with Crippen LogP contribution < -0.4 is 5.32 Å². The van der Waals surface area contributed by atoms with Gasteiger partial charge in [0.25, 0.3) is 0 Å². The van der Waals surface area contributed by atoms with Crippen molar-refractivity contribution >= 4 is 22.3 Å². The zero-order chi connectivity index (χ0) is 17.4. The average Bonchev–Trinajstić information content (AvgIpc) is 3.10. The SMILES string of the molecule is C=C(CCCCCC)C(Nc1cccs1)c1ccc(C(=O)O)cc1. The molecule has 24 heavy (non-hydrogen) atoms. The molecule has 1 atom stereocenters. The van der Waals surface area contributed by atoms with Gasteiger partial charge < -0.3 is 10.4 Å². The number of hydrogen-bond acceptors (Lipinski definition) is 3. The molecule has 1 aromatic carbocycles. The Morgan fingerprint density at radius 1 is 1.21 bits per heavy atom. The fourth-order valence-electron chi connectivity index (χ4n) is 2.67. The van der Waals surface area contributed by atoms with E-state index < -0.39 is 5.97 Å². The standard InChI is InChI=1S/C20H25NO2S/c1-3-4-5-6-8-15(2)19(21-18-9-7-14-24-18)16-10-12-17(13-11-16)20(22)23/h7,9-14,19,21H,2-6,8H2,1H3,(H,22,23). The highest BCUT2D eigenvalue weighted by Gasteiger charge is 2.16. The highest BCUT2D eigenvalue weighted by molar-refractivity contribution is 7.14. The molecule has 0 fully saturated rings. The van der Waals surface area contributed by atoms with Crippen LogP contribution in [0, 0.1) is 0 Å². The highest BCUT2D eigenvalue weighted by Crippen LogP contribution is 2.31. The summed E-state index contributed by atoms with van der Waals surface area (Å²) in [4.78, 5) is 11.0. The van der Waals surface area contributed by atoms with Gasteiger partial charge >= 0.3 is 5.97 Å². The molecule has 3 nitrogen and oxygen atoms in total. The number of anilines is 1. The minimum absolute atomic E-state index is 0.00752. The van der Waals surface area contributed by atoms with Crippen molar-refractivity contribution in [1.82, 2.24) is 0 Å². The van der Waals surface area contributed by atoms with Gasteiger partial charge in [0.15, 0.2) is 0 Å². The molecule has 128 valence electrons. The van der Waals surface area contributed by atoms with Crippen LogP contribution in [0.2, 0.25) is 0 Å². The number of carboxylic acids is 1. The molecule has 0 aliphatic rings. The van der Waals surface area contributed by atoms with Crippen LogP contribution in [0.4, 0.5) is 5.00 Å². The third-order valence-electron chi connectivity index (χ3n) is 4.06. The van der Waals surface area contributed by atoms with Gasteiger partial charge in [0, 0.05) is 0 Å². The van der Waals surface area contributed by atoms with Crippen molar-refractivity contribution in [2.75, 3.05) is 5.32 Å². The zero-order valence-corrected chi connectivity index (χ0v) is 14.9. The molecule has 0 radical (unpaired) electrons. The normalized spacial score (nSPS) is 11.9. The van der Waals surface area contributed by atoms with Gasteiger partial charge in [-0.1, -0.05) is 50.5 Å². The minimum Gasteiger partial charge on any atom is -0.478 e. The molecule has 2 rings (SSSR count). The Balaban J connectivity index is 2.12. The minimum atomic E-state index is -0.900. The van der Waals surface area contributed by atoms with Crippen LogP contribution in [0.3, 0.4) is 0 Å². The second kappa shape index (κ2) is 9.28. The highest BCUT2D eigenvalue weighted by atomic mass is 32.1. The predicted octanol–water partition coefficient (Wildman–Crippen LogP) is 6.13. The fourth-order valence-corrected chi connectivity index (χ4v) is 3.31. The van der Waals surface area contributed by atoms with E-state index in [2.05, 4.69) is 18.8 Å². The molecule has 1 aromatic heterocycles. The van der Waals surface area contributed by atoms with Crippen LogP contribution in [0.5, 0.6) is 0 Å². The monoisotopic (exact) mass is 343 g/mol. The fraction of sp³-hybridized carbons (Fsp3) is 0.350. The maximum Gasteiger partial charge on any atom is 0.335 e. The Hall–Kier alpha value is -2.07. The number of carbonyl (C=O) groups is 1. The number of unbranched alkanes of at least 4 members (excludes halogenated alkanes) is 3. The number of nitrogens with one attached hydrogen (secondary N) is 1. The van der Waals surface area contributed by atoms with Crippen LogP contribution >= 0.6 is 11.3 Å². The third-order valence-corrected chi connectivity index (χ3v) is 4.86. The molecule has 0 saturated carbocycles. The van der Waals surface area contributed by atoms with E-state index >= 15 is 0 Å². The smallest absolute Gasteiger partial charge is 0.335 e. The van der Waals surface area contributed by atoms with Crippen molar-refractivity contribution < 1.29 is 9.90 Å². The van der Waals surface area contributed by atoms with Gasteiger partial charge in [0.1, 0.15) is 0 Å². The molecule has 0 aliphatic heterocycles. The lowest BCUT2D eigenvalue weighted by molar-refractivity contribution is 0.0697. The van der Waals surface area contributed by atoms with Crippen molar-refractivity contribution in [1.29, 1.82) is 0 Å².